The van der Waals surface area contributed by atoms with Crippen LogP contribution in [-0.4, -0.2) is 47.7 Å². The lowest BCUT2D eigenvalue weighted by Gasteiger charge is -2.10. The zero-order valence-corrected chi connectivity index (χ0v) is 12.0. The van der Waals surface area contributed by atoms with Crippen LogP contribution in [0.25, 0.3) is 0 Å². The summed E-state index contributed by atoms with van der Waals surface area (Å²) in [4.78, 5) is 11.3. The Morgan fingerprint density at radius 1 is 1.33 bits per heavy atom. The first kappa shape index (κ1) is 17.5. The fraction of sp³-hybridized carbons (Fsp3) is 0.417. The average Bonchev–Trinajstić information content (AvgIpc) is 2.45. The molecule has 0 aliphatic rings. The van der Waals surface area contributed by atoms with Gasteiger partial charge in [-0.2, -0.15) is 0 Å². The summed E-state index contributed by atoms with van der Waals surface area (Å²) in [7, 11) is -2.83. The smallest absolute Gasteiger partial charge is 0.339 e. The second kappa shape index (κ2) is 8.01. The molecule has 0 heterocycles. The largest absolute Gasteiger partial charge is 0.465 e. The molecule has 0 saturated carbocycles. The quantitative estimate of drug-likeness (QED) is 0.571. The number of carbonyl (C=O) groups excluding carboxylic acids is 1. The van der Waals surface area contributed by atoms with E-state index < -0.39 is 29.0 Å². The lowest BCUT2D eigenvalue weighted by Crippen LogP contribution is -2.29. The molecule has 1 aromatic carbocycles. The Morgan fingerprint density at radius 3 is 2.62 bits per heavy atom. The standard InChI is InChI=1S/C12H15F2NO5S/c1-19-12(16)9-4-2-3-5-10(9)21(17,18)15-6-7-20-8-11(13)14/h2-5,11,15H,6-8H2,1H3. The number of halogens is 2. The molecule has 0 aromatic heterocycles. The highest BCUT2D eigenvalue weighted by Crippen LogP contribution is 2.15. The van der Waals surface area contributed by atoms with Crippen LogP contribution in [0, 0.1) is 0 Å². The number of hydrogen-bond donors (Lipinski definition) is 1. The van der Waals surface area contributed by atoms with Gasteiger partial charge in [-0.05, 0) is 12.1 Å². The normalized spacial score (nSPS) is 11.6. The van der Waals surface area contributed by atoms with Crippen LogP contribution in [0.3, 0.4) is 0 Å². The Morgan fingerprint density at radius 2 is 2.00 bits per heavy atom. The van der Waals surface area contributed by atoms with Gasteiger partial charge in [0.25, 0.3) is 6.43 Å². The molecule has 6 nitrogen and oxygen atoms in total. The zero-order chi connectivity index (χ0) is 15.9. The van der Waals surface area contributed by atoms with E-state index in [9.17, 15) is 22.0 Å². The summed E-state index contributed by atoms with van der Waals surface area (Å²) >= 11 is 0. The van der Waals surface area contributed by atoms with Crippen LogP contribution >= 0.6 is 0 Å². The van der Waals surface area contributed by atoms with E-state index >= 15 is 0 Å². The topological polar surface area (TPSA) is 81.7 Å². The van der Waals surface area contributed by atoms with Crippen molar-refractivity contribution in [1.82, 2.24) is 4.72 Å². The highest BCUT2D eigenvalue weighted by atomic mass is 32.2. The Hall–Kier alpha value is -1.58. The van der Waals surface area contributed by atoms with Crippen molar-refractivity contribution in [2.75, 3.05) is 26.9 Å². The number of methoxy groups -OCH3 is 1. The second-order valence-corrected chi connectivity index (χ2v) is 5.59. The number of alkyl halides is 2. The number of sulfonamides is 1. The SMILES string of the molecule is COC(=O)c1ccccc1S(=O)(=O)NCCOCC(F)F. The molecule has 1 aromatic rings. The molecule has 1 rings (SSSR count). The molecule has 0 radical (unpaired) electrons. The summed E-state index contributed by atoms with van der Waals surface area (Å²) in [5.41, 5.74) is -0.110. The first-order valence-electron chi connectivity index (χ1n) is 5.91. The van der Waals surface area contributed by atoms with Crippen LogP contribution < -0.4 is 4.72 Å². The Balaban J connectivity index is 2.73. The molecule has 21 heavy (non-hydrogen) atoms. The van der Waals surface area contributed by atoms with E-state index in [-0.39, 0.29) is 23.6 Å². The summed E-state index contributed by atoms with van der Waals surface area (Å²) in [5.74, 6) is -0.787. The molecule has 9 heteroatoms. The van der Waals surface area contributed by atoms with Crippen molar-refractivity contribution in [3.8, 4) is 0 Å². The molecule has 0 unspecified atom stereocenters. The van der Waals surface area contributed by atoms with Crippen molar-refractivity contribution in [3.63, 3.8) is 0 Å². The van der Waals surface area contributed by atoms with Crippen LogP contribution in [0.1, 0.15) is 10.4 Å². The minimum Gasteiger partial charge on any atom is -0.465 e. The second-order valence-electron chi connectivity index (χ2n) is 3.85. The van der Waals surface area contributed by atoms with Crippen molar-refractivity contribution >= 4 is 16.0 Å². The molecule has 0 amide bonds. The number of carbonyl (C=O) groups is 1. The van der Waals surface area contributed by atoms with Crippen molar-refractivity contribution in [1.29, 1.82) is 0 Å². The molecule has 0 aliphatic heterocycles. The molecule has 0 saturated heterocycles. The monoisotopic (exact) mass is 323 g/mol. The van der Waals surface area contributed by atoms with Gasteiger partial charge in [-0.25, -0.2) is 26.7 Å². The van der Waals surface area contributed by atoms with E-state index in [1.807, 2.05) is 0 Å². The summed E-state index contributed by atoms with van der Waals surface area (Å²) in [6.07, 6.45) is -2.61. The van der Waals surface area contributed by atoms with E-state index in [2.05, 4.69) is 14.2 Å². The van der Waals surface area contributed by atoms with E-state index in [1.54, 1.807) is 0 Å². The molecule has 118 valence electrons. The molecule has 0 spiro atoms. The van der Waals surface area contributed by atoms with Gasteiger partial charge in [-0.3, -0.25) is 0 Å². The van der Waals surface area contributed by atoms with Crippen LogP contribution in [0.2, 0.25) is 0 Å². The van der Waals surface area contributed by atoms with Gasteiger partial charge in [0.05, 0.1) is 24.2 Å². The van der Waals surface area contributed by atoms with Crippen LogP contribution in [0.5, 0.6) is 0 Å². The van der Waals surface area contributed by atoms with Gasteiger partial charge in [-0.1, -0.05) is 12.1 Å². The Labute approximate surface area is 121 Å². The molecule has 0 aliphatic carbocycles. The summed E-state index contributed by atoms with van der Waals surface area (Å²) < 4.78 is 59.0. The van der Waals surface area contributed by atoms with Gasteiger partial charge in [0.1, 0.15) is 6.61 Å². The van der Waals surface area contributed by atoms with Crippen molar-refractivity contribution in [2.24, 2.45) is 0 Å². The fourth-order valence-corrected chi connectivity index (χ4v) is 2.68. The highest BCUT2D eigenvalue weighted by Gasteiger charge is 2.22. The number of benzene rings is 1. The van der Waals surface area contributed by atoms with Gasteiger partial charge >= 0.3 is 5.97 Å². The maximum atomic E-state index is 12.0. The first-order valence-corrected chi connectivity index (χ1v) is 7.39. The van der Waals surface area contributed by atoms with Crippen LogP contribution in [0.4, 0.5) is 8.78 Å². The van der Waals surface area contributed by atoms with E-state index in [4.69, 9.17) is 0 Å². The molecule has 0 atom stereocenters. The van der Waals surface area contributed by atoms with Crippen molar-refractivity contribution in [2.45, 2.75) is 11.3 Å². The van der Waals surface area contributed by atoms with Gasteiger partial charge in [-0.15, -0.1) is 0 Å². The lowest BCUT2D eigenvalue weighted by atomic mass is 10.2. The van der Waals surface area contributed by atoms with Crippen LogP contribution in [0.15, 0.2) is 29.2 Å². The van der Waals surface area contributed by atoms with Crippen molar-refractivity contribution in [3.05, 3.63) is 29.8 Å². The third kappa shape index (κ3) is 5.37. The number of rotatable bonds is 8. The maximum Gasteiger partial charge on any atom is 0.339 e. The highest BCUT2D eigenvalue weighted by molar-refractivity contribution is 7.89. The van der Waals surface area contributed by atoms with Crippen molar-refractivity contribution < 1.29 is 31.5 Å². The summed E-state index contributed by atoms with van der Waals surface area (Å²) in [6.45, 7) is -1.16. The fourth-order valence-electron chi connectivity index (χ4n) is 1.48. The number of esters is 1. The summed E-state index contributed by atoms with van der Waals surface area (Å²) in [6, 6.07) is 5.51. The van der Waals surface area contributed by atoms with E-state index in [1.165, 1.54) is 24.3 Å². The molecular formula is C12H15F2NO5S. The molecule has 0 bridgehead atoms. The first-order chi connectivity index (χ1) is 9.88. The predicted octanol–water partition coefficient (Wildman–Crippen LogP) is 1.03. The van der Waals surface area contributed by atoms with Crippen LogP contribution in [-0.2, 0) is 19.5 Å². The Bertz CT molecular complexity index is 577. The van der Waals surface area contributed by atoms with Gasteiger partial charge in [0, 0.05) is 6.54 Å². The Kier molecular flexibility index (Phi) is 6.66. The molecule has 1 N–H and O–H groups in total. The van der Waals surface area contributed by atoms with Gasteiger partial charge in [0.2, 0.25) is 10.0 Å². The molecule has 0 fully saturated rings. The van der Waals surface area contributed by atoms with E-state index in [0.717, 1.165) is 7.11 Å². The summed E-state index contributed by atoms with van der Waals surface area (Å²) in [5, 5.41) is 0. The average molecular weight is 323 g/mol. The third-order valence-corrected chi connectivity index (χ3v) is 3.88. The number of hydrogen-bond acceptors (Lipinski definition) is 5. The van der Waals surface area contributed by atoms with E-state index in [0.29, 0.717) is 0 Å². The maximum absolute atomic E-state index is 12.0. The minimum atomic E-state index is -3.97. The number of nitrogens with one attached hydrogen (secondary N) is 1. The third-order valence-electron chi connectivity index (χ3n) is 2.36. The predicted molar refractivity (Wildman–Crippen MR) is 69.8 cm³/mol. The van der Waals surface area contributed by atoms with Gasteiger partial charge < -0.3 is 9.47 Å². The number of ether oxygens (including phenoxy) is 2. The van der Waals surface area contributed by atoms with Gasteiger partial charge in [0.15, 0.2) is 0 Å². The zero-order valence-electron chi connectivity index (χ0n) is 11.2. The molecular weight excluding hydrogens is 308 g/mol. The lowest BCUT2D eigenvalue weighted by molar-refractivity contribution is 0.0199. The minimum absolute atomic E-state index is 0.110.